The maximum absolute atomic E-state index is 11.6. The Balaban J connectivity index is 2.97. The van der Waals surface area contributed by atoms with Crippen molar-refractivity contribution < 1.29 is 24.4 Å². The highest BCUT2D eigenvalue weighted by Crippen LogP contribution is 2.21. The number of amides is 1. The normalized spacial score (nSPS) is 9.81. The predicted octanol–water partition coefficient (Wildman–Crippen LogP) is 2.39. The molecule has 0 spiro atoms. The maximum atomic E-state index is 11.6. The maximum Gasteiger partial charge on any atom is 0.414 e. The molecule has 0 aromatic heterocycles. The van der Waals surface area contributed by atoms with Crippen molar-refractivity contribution in [2.24, 2.45) is 0 Å². The van der Waals surface area contributed by atoms with E-state index in [1.165, 1.54) is 24.9 Å². The number of rotatable bonds is 5. The second-order valence-electron chi connectivity index (χ2n) is 4.34. The number of hydrogen-bond donors (Lipinski definition) is 1. The summed E-state index contributed by atoms with van der Waals surface area (Å²) >= 11 is 0. The highest BCUT2D eigenvalue weighted by molar-refractivity contribution is 5.92. The molecule has 8 heteroatoms. The molecular formula is C13H14N2O6. The summed E-state index contributed by atoms with van der Waals surface area (Å²) in [5, 5.41) is 19.7. The minimum absolute atomic E-state index is 0.0460. The van der Waals surface area contributed by atoms with Crippen LogP contribution in [0, 0.1) is 10.1 Å². The van der Waals surface area contributed by atoms with E-state index < -0.39 is 28.2 Å². The van der Waals surface area contributed by atoms with Crippen LogP contribution in [0.3, 0.4) is 0 Å². The van der Waals surface area contributed by atoms with Gasteiger partial charge in [-0.2, -0.15) is 0 Å². The van der Waals surface area contributed by atoms with Gasteiger partial charge in [0.25, 0.3) is 5.69 Å². The van der Waals surface area contributed by atoms with Gasteiger partial charge in [-0.3, -0.25) is 10.1 Å². The SMILES string of the molecule is C=C(C)OC(=O)N(C)Cc1ccc([N+](=O)[O-])c(C(=O)O)c1. The molecule has 0 aliphatic rings. The standard InChI is InChI=1S/C13H14N2O6/c1-8(2)21-13(18)14(3)7-9-4-5-11(15(19)20)10(6-9)12(16)17/h4-6H,1,7H2,2-3H3,(H,16,17). The molecule has 0 fully saturated rings. The van der Waals surface area contributed by atoms with Crippen LogP contribution in [-0.4, -0.2) is 34.0 Å². The third-order valence-corrected chi connectivity index (χ3v) is 2.48. The van der Waals surface area contributed by atoms with Crippen molar-refractivity contribution in [3.63, 3.8) is 0 Å². The van der Waals surface area contributed by atoms with Crippen LogP contribution >= 0.6 is 0 Å². The zero-order valence-electron chi connectivity index (χ0n) is 11.5. The van der Waals surface area contributed by atoms with E-state index in [-0.39, 0.29) is 12.3 Å². The molecule has 0 aliphatic heterocycles. The Hall–Kier alpha value is -2.90. The minimum atomic E-state index is -1.41. The second kappa shape index (κ2) is 6.51. The number of nitro groups is 1. The van der Waals surface area contributed by atoms with Gasteiger partial charge in [0.05, 0.1) is 10.7 Å². The van der Waals surface area contributed by atoms with Crippen LogP contribution in [0.1, 0.15) is 22.8 Å². The summed E-state index contributed by atoms with van der Waals surface area (Å²) < 4.78 is 4.79. The summed E-state index contributed by atoms with van der Waals surface area (Å²) in [6, 6.07) is 3.64. The molecule has 0 saturated heterocycles. The van der Waals surface area contributed by atoms with Gasteiger partial charge in [0, 0.05) is 19.7 Å². The fourth-order valence-corrected chi connectivity index (χ4v) is 1.58. The Kier molecular flexibility index (Phi) is 5.01. The Morgan fingerprint density at radius 2 is 2.10 bits per heavy atom. The van der Waals surface area contributed by atoms with E-state index >= 15 is 0 Å². The van der Waals surface area contributed by atoms with Crippen LogP contribution in [0.25, 0.3) is 0 Å². The Morgan fingerprint density at radius 3 is 2.57 bits per heavy atom. The van der Waals surface area contributed by atoms with Crippen molar-refractivity contribution in [2.75, 3.05) is 7.05 Å². The molecule has 0 atom stereocenters. The number of carboxylic acids is 1. The van der Waals surface area contributed by atoms with Crippen molar-refractivity contribution in [1.82, 2.24) is 4.90 Å². The van der Waals surface area contributed by atoms with E-state index in [1.54, 1.807) is 0 Å². The fraction of sp³-hybridized carbons (Fsp3) is 0.231. The van der Waals surface area contributed by atoms with Crippen LogP contribution in [0.2, 0.25) is 0 Å². The average molecular weight is 294 g/mol. The first-order valence-corrected chi connectivity index (χ1v) is 5.81. The summed E-state index contributed by atoms with van der Waals surface area (Å²) in [5.41, 5.74) is -0.503. The number of benzene rings is 1. The van der Waals surface area contributed by atoms with E-state index in [9.17, 15) is 19.7 Å². The van der Waals surface area contributed by atoms with E-state index in [4.69, 9.17) is 9.84 Å². The lowest BCUT2D eigenvalue weighted by Crippen LogP contribution is -2.26. The average Bonchev–Trinajstić information content (AvgIpc) is 2.37. The number of nitro benzene ring substituents is 1. The van der Waals surface area contributed by atoms with Gasteiger partial charge in [-0.25, -0.2) is 9.59 Å². The van der Waals surface area contributed by atoms with Crippen LogP contribution in [0.15, 0.2) is 30.5 Å². The molecule has 1 rings (SSSR count). The van der Waals surface area contributed by atoms with Crippen molar-refractivity contribution in [3.05, 3.63) is 51.8 Å². The zero-order chi connectivity index (χ0) is 16.2. The number of aromatic carboxylic acids is 1. The van der Waals surface area contributed by atoms with Gasteiger partial charge in [0.2, 0.25) is 0 Å². The van der Waals surface area contributed by atoms with Crippen molar-refractivity contribution in [3.8, 4) is 0 Å². The molecule has 1 aromatic rings. The van der Waals surface area contributed by atoms with Gasteiger partial charge in [0.15, 0.2) is 0 Å². The van der Waals surface area contributed by atoms with E-state index in [0.29, 0.717) is 5.56 Å². The Morgan fingerprint density at radius 1 is 1.48 bits per heavy atom. The Bertz CT molecular complexity index is 611. The fourth-order valence-electron chi connectivity index (χ4n) is 1.58. The van der Waals surface area contributed by atoms with Crippen LogP contribution in [0.4, 0.5) is 10.5 Å². The molecule has 112 valence electrons. The first-order chi connectivity index (χ1) is 9.72. The van der Waals surface area contributed by atoms with E-state index in [1.807, 2.05) is 0 Å². The number of nitrogens with zero attached hydrogens (tertiary/aromatic N) is 2. The lowest BCUT2D eigenvalue weighted by atomic mass is 10.1. The molecule has 21 heavy (non-hydrogen) atoms. The molecule has 0 heterocycles. The molecule has 1 amide bonds. The monoisotopic (exact) mass is 294 g/mol. The number of ether oxygens (including phenoxy) is 1. The summed E-state index contributed by atoms with van der Waals surface area (Å²) in [7, 11) is 1.45. The smallest absolute Gasteiger partial charge is 0.414 e. The quantitative estimate of drug-likeness (QED) is 0.507. The van der Waals surface area contributed by atoms with E-state index in [0.717, 1.165) is 12.1 Å². The summed E-state index contributed by atoms with van der Waals surface area (Å²) in [4.78, 5) is 33.8. The number of carbonyl (C=O) groups is 2. The van der Waals surface area contributed by atoms with Gasteiger partial charge in [0.1, 0.15) is 5.56 Å². The molecular weight excluding hydrogens is 280 g/mol. The lowest BCUT2D eigenvalue weighted by molar-refractivity contribution is -0.385. The molecule has 0 saturated carbocycles. The van der Waals surface area contributed by atoms with E-state index in [2.05, 4.69) is 6.58 Å². The molecule has 1 aromatic carbocycles. The lowest BCUT2D eigenvalue weighted by Gasteiger charge is -2.17. The van der Waals surface area contributed by atoms with Crippen molar-refractivity contribution >= 4 is 17.7 Å². The number of carboxylic acid groups (broad SMARTS) is 1. The van der Waals surface area contributed by atoms with Gasteiger partial charge in [-0.05, 0) is 18.6 Å². The second-order valence-corrected chi connectivity index (χ2v) is 4.34. The first kappa shape index (κ1) is 16.2. The van der Waals surface area contributed by atoms with Gasteiger partial charge in [-0.1, -0.05) is 12.6 Å². The topological polar surface area (TPSA) is 110 Å². The summed E-state index contributed by atoms with van der Waals surface area (Å²) in [6.45, 7) is 4.99. The highest BCUT2D eigenvalue weighted by atomic mass is 16.6. The van der Waals surface area contributed by atoms with Crippen LogP contribution in [-0.2, 0) is 11.3 Å². The third kappa shape index (κ3) is 4.30. The van der Waals surface area contributed by atoms with Gasteiger partial charge in [-0.15, -0.1) is 0 Å². The van der Waals surface area contributed by atoms with Crippen molar-refractivity contribution in [1.29, 1.82) is 0 Å². The number of allylic oxidation sites excluding steroid dienone is 1. The first-order valence-electron chi connectivity index (χ1n) is 5.81. The van der Waals surface area contributed by atoms with Crippen molar-refractivity contribution in [2.45, 2.75) is 13.5 Å². The number of hydrogen-bond acceptors (Lipinski definition) is 5. The molecule has 8 nitrogen and oxygen atoms in total. The largest absolute Gasteiger partial charge is 0.477 e. The molecule has 0 unspecified atom stereocenters. The van der Waals surface area contributed by atoms with Gasteiger partial charge < -0.3 is 14.7 Å². The zero-order valence-corrected chi connectivity index (χ0v) is 11.5. The van der Waals surface area contributed by atoms with Crippen LogP contribution < -0.4 is 0 Å². The molecule has 0 bridgehead atoms. The molecule has 0 radical (unpaired) electrons. The highest BCUT2D eigenvalue weighted by Gasteiger charge is 2.21. The summed E-state index contributed by atoms with van der Waals surface area (Å²) in [5.74, 6) is -1.18. The molecule has 0 aliphatic carbocycles. The third-order valence-electron chi connectivity index (χ3n) is 2.48. The molecule has 1 N–H and O–H groups in total. The summed E-state index contributed by atoms with van der Waals surface area (Å²) in [6.07, 6.45) is -0.655. The minimum Gasteiger partial charge on any atom is -0.477 e. The van der Waals surface area contributed by atoms with Gasteiger partial charge >= 0.3 is 12.1 Å². The predicted molar refractivity (Wildman–Crippen MR) is 72.8 cm³/mol. The van der Waals surface area contributed by atoms with Crippen LogP contribution in [0.5, 0.6) is 0 Å². The Labute approximate surface area is 120 Å². The number of carbonyl (C=O) groups excluding carboxylic acids is 1.